The van der Waals surface area contributed by atoms with E-state index in [9.17, 15) is 4.79 Å². The highest BCUT2D eigenvalue weighted by Gasteiger charge is 2.16. The van der Waals surface area contributed by atoms with Gasteiger partial charge in [0.25, 0.3) is 5.91 Å². The zero-order valence-electron chi connectivity index (χ0n) is 15.9. The first-order valence-corrected chi connectivity index (χ1v) is 9.09. The van der Waals surface area contributed by atoms with E-state index in [4.69, 9.17) is 16.3 Å². The van der Waals surface area contributed by atoms with Crippen LogP contribution >= 0.6 is 11.6 Å². The molecule has 3 rings (SSSR count). The van der Waals surface area contributed by atoms with E-state index in [0.717, 1.165) is 5.56 Å². The molecule has 0 saturated carbocycles. The number of carbonyl (C=O) groups is 1. The SMILES string of the molecule is COc1ccc(Cl)cc1Nc1cc(C(=O)N(C)Cc2ccccc2)nc(C)n1. The summed E-state index contributed by atoms with van der Waals surface area (Å²) < 4.78 is 5.35. The number of aromatic nitrogens is 2. The highest BCUT2D eigenvalue weighted by molar-refractivity contribution is 6.31. The van der Waals surface area contributed by atoms with E-state index in [1.807, 2.05) is 30.3 Å². The van der Waals surface area contributed by atoms with Crippen LogP contribution in [0.1, 0.15) is 21.9 Å². The molecule has 144 valence electrons. The third-order valence-corrected chi connectivity index (χ3v) is 4.33. The zero-order valence-corrected chi connectivity index (χ0v) is 16.7. The Balaban J connectivity index is 1.83. The average molecular weight is 397 g/mol. The lowest BCUT2D eigenvalue weighted by Crippen LogP contribution is -2.27. The van der Waals surface area contributed by atoms with Crippen molar-refractivity contribution in [1.82, 2.24) is 14.9 Å². The molecule has 0 atom stereocenters. The van der Waals surface area contributed by atoms with E-state index in [1.54, 1.807) is 50.2 Å². The number of benzene rings is 2. The summed E-state index contributed by atoms with van der Waals surface area (Å²) in [5, 5.41) is 3.72. The molecule has 1 amide bonds. The largest absolute Gasteiger partial charge is 0.495 e. The minimum absolute atomic E-state index is 0.185. The maximum Gasteiger partial charge on any atom is 0.272 e. The first-order valence-electron chi connectivity index (χ1n) is 8.72. The fourth-order valence-corrected chi connectivity index (χ4v) is 2.95. The number of ether oxygens (including phenoxy) is 1. The van der Waals surface area contributed by atoms with Gasteiger partial charge in [0.2, 0.25) is 0 Å². The van der Waals surface area contributed by atoms with Crippen molar-refractivity contribution in [1.29, 1.82) is 0 Å². The fraction of sp³-hybridized carbons (Fsp3) is 0.190. The summed E-state index contributed by atoms with van der Waals surface area (Å²) >= 11 is 6.08. The Labute approximate surface area is 169 Å². The maximum atomic E-state index is 12.8. The Bertz CT molecular complexity index is 979. The second-order valence-corrected chi connectivity index (χ2v) is 6.74. The van der Waals surface area contributed by atoms with Gasteiger partial charge in [0, 0.05) is 24.7 Å². The second kappa shape index (κ2) is 8.71. The molecule has 0 aliphatic heterocycles. The van der Waals surface area contributed by atoms with Crippen LogP contribution in [-0.4, -0.2) is 34.9 Å². The number of hydrogen-bond donors (Lipinski definition) is 1. The smallest absolute Gasteiger partial charge is 0.272 e. The van der Waals surface area contributed by atoms with Gasteiger partial charge in [-0.05, 0) is 30.7 Å². The second-order valence-electron chi connectivity index (χ2n) is 6.30. The van der Waals surface area contributed by atoms with E-state index in [-0.39, 0.29) is 5.91 Å². The molecule has 0 spiro atoms. The van der Waals surface area contributed by atoms with E-state index < -0.39 is 0 Å². The Morgan fingerprint density at radius 2 is 1.89 bits per heavy atom. The Morgan fingerprint density at radius 3 is 2.61 bits per heavy atom. The molecule has 1 N–H and O–H groups in total. The van der Waals surface area contributed by atoms with Crippen molar-refractivity contribution in [3.05, 3.63) is 76.7 Å². The number of aryl methyl sites for hydroxylation is 1. The van der Waals surface area contributed by atoms with Crippen LogP contribution in [0.2, 0.25) is 5.02 Å². The normalized spacial score (nSPS) is 10.4. The molecular formula is C21H21ClN4O2. The van der Waals surface area contributed by atoms with E-state index in [1.165, 1.54) is 0 Å². The number of nitrogens with zero attached hydrogens (tertiary/aromatic N) is 3. The molecule has 1 aromatic heterocycles. The van der Waals surface area contributed by atoms with Crippen LogP contribution < -0.4 is 10.1 Å². The fourth-order valence-electron chi connectivity index (χ4n) is 2.78. The molecular weight excluding hydrogens is 376 g/mol. The van der Waals surface area contributed by atoms with Crippen molar-refractivity contribution >= 4 is 29.0 Å². The van der Waals surface area contributed by atoms with Crippen molar-refractivity contribution < 1.29 is 9.53 Å². The van der Waals surface area contributed by atoms with Crippen molar-refractivity contribution in [2.24, 2.45) is 0 Å². The first-order chi connectivity index (χ1) is 13.5. The number of halogens is 1. The van der Waals surface area contributed by atoms with Crippen LogP contribution in [0, 0.1) is 6.92 Å². The maximum absolute atomic E-state index is 12.8. The summed E-state index contributed by atoms with van der Waals surface area (Å²) in [4.78, 5) is 23.1. The Morgan fingerprint density at radius 1 is 1.14 bits per heavy atom. The van der Waals surface area contributed by atoms with E-state index in [0.29, 0.717) is 40.3 Å². The predicted octanol–water partition coefficient (Wildman–Crippen LogP) is 4.46. The summed E-state index contributed by atoms with van der Waals surface area (Å²) in [5.74, 6) is 1.41. The predicted molar refractivity (Wildman–Crippen MR) is 110 cm³/mol. The average Bonchev–Trinajstić information content (AvgIpc) is 2.68. The summed E-state index contributed by atoms with van der Waals surface area (Å²) in [6, 6.07) is 16.7. The quantitative estimate of drug-likeness (QED) is 0.666. The molecule has 28 heavy (non-hydrogen) atoms. The minimum Gasteiger partial charge on any atom is -0.495 e. The minimum atomic E-state index is -0.185. The molecule has 7 heteroatoms. The standard InChI is InChI=1S/C21H21ClN4O2/c1-14-23-18(21(27)26(2)13-15-7-5-4-6-8-15)12-20(24-14)25-17-11-16(22)9-10-19(17)28-3/h4-12H,13H2,1-3H3,(H,23,24,25). The van der Waals surface area contributed by atoms with Crippen molar-refractivity contribution in [2.75, 3.05) is 19.5 Å². The van der Waals surface area contributed by atoms with Crippen LogP contribution in [0.15, 0.2) is 54.6 Å². The molecule has 2 aromatic carbocycles. The summed E-state index contributed by atoms with van der Waals surface area (Å²) in [6.07, 6.45) is 0. The van der Waals surface area contributed by atoms with Gasteiger partial charge < -0.3 is 15.0 Å². The topological polar surface area (TPSA) is 67.3 Å². The summed E-state index contributed by atoms with van der Waals surface area (Å²) in [6.45, 7) is 2.24. The van der Waals surface area contributed by atoms with Crippen LogP contribution in [0.3, 0.4) is 0 Å². The van der Waals surface area contributed by atoms with Crippen LogP contribution in [0.25, 0.3) is 0 Å². The van der Waals surface area contributed by atoms with Gasteiger partial charge in [-0.25, -0.2) is 9.97 Å². The summed E-state index contributed by atoms with van der Waals surface area (Å²) in [5.41, 5.74) is 2.02. The molecule has 0 saturated heterocycles. The lowest BCUT2D eigenvalue weighted by atomic mass is 10.2. The molecule has 1 heterocycles. The van der Waals surface area contributed by atoms with Crippen LogP contribution in [0.4, 0.5) is 11.5 Å². The van der Waals surface area contributed by atoms with Gasteiger partial charge in [-0.2, -0.15) is 0 Å². The van der Waals surface area contributed by atoms with Crippen LogP contribution in [-0.2, 0) is 6.54 Å². The number of carbonyl (C=O) groups excluding carboxylic acids is 1. The Kier molecular flexibility index (Phi) is 6.11. The number of methoxy groups -OCH3 is 1. The number of hydrogen-bond acceptors (Lipinski definition) is 5. The van der Waals surface area contributed by atoms with Crippen molar-refractivity contribution in [3.8, 4) is 5.75 Å². The molecule has 6 nitrogen and oxygen atoms in total. The van der Waals surface area contributed by atoms with E-state index in [2.05, 4.69) is 15.3 Å². The van der Waals surface area contributed by atoms with Crippen LogP contribution in [0.5, 0.6) is 5.75 Å². The molecule has 0 aliphatic rings. The third-order valence-electron chi connectivity index (χ3n) is 4.09. The highest BCUT2D eigenvalue weighted by atomic mass is 35.5. The lowest BCUT2D eigenvalue weighted by Gasteiger charge is -2.18. The van der Waals surface area contributed by atoms with Crippen molar-refractivity contribution in [3.63, 3.8) is 0 Å². The monoisotopic (exact) mass is 396 g/mol. The molecule has 0 bridgehead atoms. The number of amides is 1. The molecule has 0 aliphatic carbocycles. The van der Waals surface area contributed by atoms with Gasteiger partial charge in [-0.15, -0.1) is 0 Å². The van der Waals surface area contributed by atoms with Gasteiger partial charge in [-0.3, -0.25) is 4.79 Å². The van der Waals surface area contributed by atoms with Gasteiger partial charge in [0.05, 0.1) is 12.8 Å². The first kappa shape index (κ1) is 19.6. The third kappa shape index (κ3) is 4.78. The lowest BCUT2D eigenvalue weighted by molar-refractivity contribution is 0.0779. The number of rotatable bonds is 6. The van der Waals surface area contributed by atoms with Gasteiger partial charge in [-0.1, -0.05) is 41.9 Å². The molecule has 0 radical (unpaired) electrons. The number of anilines is 2. The molecule has 0 fully saturated rings. The molecule has 0 unspecified atom stereocenters. The number of nitrogens with one attached hydrogen (secondary N) is 1. The van der Waals surface area contributed by atoms with E-state index >= 15 is 0 Å². The highest BCUT2D eigenvalue weighted by Crippen LogP contribution is 2.30. The summed E-state index contributed by atoms with van der Waals surface area (Å²) in [7, 11) is 3.33. The van der Waals surface area contributed by atoms with Gasteiger partial charge in [0.1, 0.15) is 23.1 Å². The van der Waals surface area contributed by atoms with Crippen molar-refractivity contribution in [2.45, 2.75) is 13.5 Å². The molecule has 3 aromatic rings. The Hall–Kier alpha value is -3.12. The van der Waals surface area contributed by atoms with Gasteiger partial charge >= 0.3 is 0 Å². The van der Waals surface area contributed by atoms with Gasteiger partial charge in [0.15, 0.2) is 0 Å². The zero-order chi connectivity index (χ0) is 20.1.